The smallest absolute Gasteiger partial charge is 0.269 e. The fourth-order valence-corrected chi connectivity index (χ4v) is 3.93. The first-order chi connectivity index (χ1) is 15.6. The van der Waals surface area contributed by atoms with Gasteiger partial charge in [0.1, 0.15) is 5.75 Å². The summed E-state index contributed by atoms with van der Waals surface area (Å²) in [4.78, 5) is 27.3. The van der Waals surface area contributed by atoms with Crippen molar-refractivity contribution in [2.24, 2.45) is 5.92 Å². The van der Waals surface area contributed by atoms with Gasteiger partial charge in [0.2, 0.25) is 5.91 Å². The van der Waals surface area contributed by atoms with E-state index in [0.29, 0.717) is 26.2 Å². The molecule has 1 atom stereocenters. The Kier molecular flexibility index (Phi) is 6.84. The summed E-state index contributed by atoms with van der Waals surface area (Å²) in [7, 11) is 0. The molecule has 0 saturated carbocycles. The fraction of sp³-hybridized carbons (Fsp3) is 0.320. The van der Waals surface area contributed by atoms with Gasteiger partial charge in [-0.2, -0.15) is 5.10 Å². The molecule has 1 aliphatic rings. The molecule has 2 aromatic carbocycles. The molecule has 32 heavy (non-hydrogen) atoms. The van der Waals surface area contributed by atoms with Crippen LogP contribution < -0.4 is 20.5 Å². The molecule has 1 N–H and O–H groups in total. The van der Waals surface area contributed by atoms with E-state index in [4.69, 9.17) is 4.74 Å². The van der Waals surface area contributed by atoms with Gasteiger partial charge in [0.15, 0.2) is 0 Å². The molecular weight excluding hydrogens is 404 g/mol. The van der Waals surface area contributed by atoms with Crippen LogP contribution in [0.1, 0.15) is 24.5 Å². The number of ether oxygens (including phenoxy) is 1. The van der Waals surface area contributed by atoms with Gasteiger partial charge >= 0.3 is 0 Å². The number of benzene rings is 2. The van der Waals surface area contributed by atoms with Crippen LogP contribution in [0.25, 0.3) is 0 Å². The normalized spacial score (nSPS) is 15.5. The number of aromatic nitrogens is 2. The molecular formula is C25H28N4O3. The van der Waals surface area contributed by atoms with Crippen molar-refractivity contribution in [3.05, 3.63) is 88.3 Å². The molecule has 0 bridgehead atoms. The number of carbonyl (C=O) groups excluding carboxylic acids is 1. The lowest BCUT2D eigenvalue weighted by atomic mass is 10.1. The molecule has 166 valence electrons. The number of nitrogens with one attached hydrogen (secondary N) is 1. The van der Waals surface area contributed by atoms with Crippen molar-refractivity contribution >= 4 is 11.6 Å². The zero-order valence-electron chi connectivity index (χ0n) is 18.2. The molecule has 4 rings (SSSR count). The number of hydrogen-bond donors (Lipinski definition) is 1. The van der Waals surface area contributed by atoms with Crippen LogP contribution in [0.15, 0.2) is 71.7 Å². The second-order valence-electron chi connectivity index (χ2n) is 7.93. The molecule has 1 amide bonds. The van der Waals surface area contributed by atoms with Gasteiger partial charge in [-0.3, -0.25) is 9.59 Å². The third-order valence-electron chi connectivity index (χ3n) is 5.63. The highest BCUT2D eigenvalue weighted by atomic mass is 16.5. The number of anilines is 1. The summed E-state index contributed by atoms with van der Waals surface area (Å²) in [6, 6.07) is 19.1. The quantitative estimate of drug-likeness (QED) is 0.592. The van der Waals surface area contributed by atoms with Gasteiger partial charge in [0, 0.05) is 25.7 Å². The summed E-state index contributed by atoms with van der Waals surface area (Å²) in [5.74, 6) is 0.720. The van der Waals surface area contributed by atoms with E-state index in [-0.39, 0.29) is 17.4 Å². The van der Waals surface area contributed by atoms with Gasteiger partial charge in [-0.15, -0.1) is 0 Å². The van der Waals surface area contributed by atoms with E-state index >= 15 is 0 Å². The van der Waals surface area contributed by atoms with Crippen LogP contribution >= 0.6 is 0 Å². The lowest BCUT2D eigenvalue weighted by Gasteiger charge is -2.18. The first-order valence-electron chi connectivity index (χ1n) is 11.0. The molecule has 1 aliphatic heterocycles. The molecule has 1 saturated heterocycles. The van der Waals surface area contributed by atoms with E-state index in [2.05, 4.69) is 15.3 Å². The highest BCUT2D eigenvalue weighted by Gasteiger charge is 2.28. The average molecular weight is 433 g/mol. The van der Waals surface area contributed by atoms with Gasteiger partial charge in [0.05, 0.1) is 31.0 Å². The summed E-state index contributed by atoms with van der Waals surface area (Å²) in [5.41, 5.74) is 2.65. The highest BCUT2D eigenvalue weighted by molar-refractivity contribution is 5.80. The van der Waals surface area contributed by atoms with Crippen molar-refractivity contribution < 1.29 is 9.53 Å². The Morgan fingerprint density at radius 1 is 1.12 bits per heavy atom. The van der Waals surface area contributed by atoms with Crippen LogP contribution in [0.5, 0.6) is 5.75 Å². The molecule has 1 aromatic heterocycles. The predicted molar refractivity (Wildman–Crippen MR) is 124 cm³/mol. The van der Waals surface area contributed by atoms with Gasteiger partial charge in [-0.1, -0.05) is 42.5 Å². The monoisotopic (exact) mass is 432 g/mol. The lowest BCUT2D eigenvalue weighted by molar-refractivity contribution is -0.124. The van der Waals surface area contributed by atoms with Crippen molar-refractivity contribution in [3.8, 4) is 5.75 Å². The Morgan fingerprint density at radius 2 is 1.94 bits per heavy atom. The largest absolute Gasteiger partial charge is 0.494 e. The summed E-state index contributed by atoms with van der Waals surface area (Å²) in [6.07, 6.45) is 2.46. The summed E-state index contributed by atoms with van der Waals surface area (Å²) >= 11 is 0. The summed E-state index contributed by atoms with van der Waals surface area (Å²) in [6.45, 7) is 4.76. The highest BCUT2D eigenvalue weighted by Crippen LogP contribution is 2.22. The number of carbonyl (C=O) groups is 1. The van der Waals surface area contributed by atoms with Crippen molar-refractivity contribution in [1.82, 2.24) is 15.1 Å². The van der Waals surface area contributed by atoms with E-state index in [1.54, 1.807) is 12.3 Å². The zero-order valence-corrected chi connectivity index (χ0v) is 18.2. The zero-order chi connectivity index (χ0) is 22.3. The minimum Gasteiger partial charge on any atom is -0.494 e. The first-order valence-corrected chi connectivity index (χ1v) is 11.0. The molecule has 1 unspecified atom stereocenters. The topological polar surface area (TPSA) is 76.5 Å². The number of hydrogen-bond acceptors (Lipinski definition) is 5. The van der Waals surface area contributed by atoms with Crippen LogP contribution in [-0.4, -0.2) is 35.4 Å². The lowest BCUT2D eigenvalue weighted by Crippen LogP contribution is -2.33. The van der Waals surface area contributed by atoms with Gasteiger partial charge in [-0.05, 0) is 36.6 Å². The number of amides is 1. The minimum absolute atomic E-state index is 0.0275. The first kappa shape index (κ1) is 21.6. The van der Waals surface area contributed by atoms with Gasteiger partial charge in [-0.25, -0.2) is 4.68 Å². The van der Waals surface area contributed by atoms with Gasteiger partial charge in [0.25, 0.3) is 5.56 Å². The van der Waals surface area contributed by atoms with E-state index in [1.165, 1.54) is 4.68 Å². The van der Waals surface area contributed by atoms with Crippen LogP contribution in [0.4, 0.5) is 5.69 Å². The van der Waals surface area contributed by atoms with Crippen LogP contribution in [0.3, 0.4) is 0 Å². The van der Waals surface area contributed by atoms with Crippen molar-refractivity contribution in [2.45, 2.75) is 26.4 Å². The Morgan fingerprint density at radius 3 is 2.72 bits per heavy atom. The van der Waals surface area contributed by atoms with Crippen molar-refractivity contribution in [1.29, 1.82) is 0 Å². The summed E-state index contributed by atoms with van der Waals surface area (Å²) in [5, 5.41) is 7.36. The Hall–Kier alpha value is -3.61. The predicted octanol–water partition coefficient (Wildman–Crippen LogP) is 2.83. The van der Waals surface area contributed by atoms with Crippen molar-refractivity contribution in [2.75, 3.05) is 24.6 Å². The van der Waals surface area contributed by atoms with Crippen LogP contribution in [0, 0.1) is 5.92 Å². The molecule has 0 spiro atoms. The van der Waals surface area contributed by atoms with E-state index in [1.807, 2.05) is 61.5 Å². The Balaban J connectivity index is 1.33. The molecule has 3 aromatic rings. The van der Waals surface area contributed by atoms with E-state index in [0.717, 1.165) is 35.5 Å². The Bertz CT molecular complexity index is 1110. The summed E-state index contributed by atoms with van der Waals surface area (Å²) < 4.78 is 6.97. The standard InChI is InChI=1S/C25H28N4O3/c1-2-32-23-10-6-9-20(13-23)15-26-25(31)21-11-12-28(18-21)22-14-24(30)29(27-16-22)17-19-7-4-3-5-8-19/h3-10,13-14,16,21H,2,11-12,15,17-18H2,1H3,(H,26,31). The van der Waals surface area contributed by atoms with Gasteiger partial charge < -0.3 is 15.0 Å². The maximum Gasteiger partial charge on any atom is 0.269 e. The van der Waals surface area contributed by atoms with Crippen LogP contribution in [-0.2, 0) is 17.9 Å². The van der Waals surface area contributed by atoms with E-state index < -0.39 is 0 Å². The number of rotatable bonds is 8. The van der Waals surface area contributed by atoms with E-state index in [9.17, 15) is 9.59 Å². The molecule has 7 nitrogen and oxygen atoms in total. The second kappa shape index (κ2) is 10.1. The Labute approximate surface area is 187 Å². The van der Waals surface area contributed by atoms with Crippen molar-refractivity contribution in [3.63, 3.8) is 0 Å². The molecule has 7 heteroatoms. The minimum atomic E-state index is -0.145. The average Bonchev–Trinajstić information content (AvgIpc) is 3.31. The van der Waals surface area contributed by atoms with Crippen LogP contribution in [0.2, 0.25) is 0 Å². The third kappa shape index (κ3) is 5.35. The fourth-order valence-electron chi connectivity index (χ4n) is 3.93. The molecule has 2 heterocycles. The second-order valence-corrected chi connectivity index (χ2v) is 7.93. The number of nitrogens with zero attached hydrogens (tertiary/aromatic N) is 3. The maximum absolute atomic E-state index is 12.7. The third-order valence-corrected chi connectivity index (χ3v) is 5.63. The molecule has 0 aliphatic carbocycles. The maximum atomic E-state index is 12.7. The molecule has 0 radical (unpaired) electrons. The SMILES string of the molecule is CCOc1cccc(CNC(=O)C2CCN(c3cnn(Cc4ccccc4)c(=O)c3)C2)c1. The molecule has 1 fully saturated rings.